The molecule has 9 rings (SSSR count). The molecule has 9 aromatic rings. The molecule has 0 aliphatic rings. The van der Waals surface area contributed by atoms with Gasteiger partial charge in [0, 0.05) is 10.8 Å². The van der Waals surface area contributed by atoms with E-state index in [0.717, 1.165) is 21.9 Å². The maximum absolute atomic E-state index is 9.39. The van der Waals surface area contributed by atoms with Crippen molar-refractivity contribution in [1.29, 1.82) is 0 Å². The summed E-state index contributed by atoms with van der Waals surface area (Å²) in [5.74, 6) is 0. The van der Waals surface area contributed by atoms with Crippen molar-refractivity contribution >= 4 is 54.3 Å². The fraction of sp³-hybridized carbons (Fsp3) is 0. The molecule has 0 unspecified atom stereocenters. The van der Waals surface area contributed by atoms with Crippen LogP contribution in [0.25, 0.3) is 87.6 Å². The number of furan rings is 1. The Hall–Kier alpha value is -5.66. The average molecular weight is 562 g/mol. The minimum Gasteiger partial charge on any atom is -0.456 e. The van der Waals surface area contributed by atoms with E-state index in [1.807, 2.05) is 42.5 Å². The molecule has 0 saturated carbocycles. The second-order valence-corrected chi connectivity index (χ2v) is 10.1. The Morgan fingerprint density at radius 2 is 1.00 bits per heavy atom. The van der Waals surface area contributed by atoms with Crippen LogP contribution in [0, 0.1) is 0 Å². The maximum atomic E-state index is 9.39. The molecular weight excluding hydrogens is 520 g/mol. The highest BCUT2D eigenvalue weighted by molar-refractivity contribution is 6.22. The summed E-state index contributed by atoms with van der Waals surface area (Å²) in [4.78, 5) is 0. The van der Waals surface area contributed by atoms with Gasteiger partial charge in [0.1, 0.15) is 11.2 Å². The van der Waals surface area contributed by atoms with Gasteiger partial charge < -0.3 is 4.42 Å². The van der Waals surface area contributed by atoms with Gasteiger partial charge in [-0.2, -0.15) is 0 Å². The van der Waals surface area contributed by atoms with Gasteiger partial charge >= 0.3 is 0 Å². The van der Waals surface area contributed by atoms with Gasteiger partial charge in [-0.15, -0.1) is 0 Å². The first-order valence-corrected chi connectivity index (χ1v) is 13.6. The molecular formula is C42H26O. The van der Waals surface area contributed by atoms with Gasteiger partial charge in [-0.1, -0.05) is 139 Å². The number of rotatable bonds is 3. The number of fused-ring (bicyclic) bond motifs is 6. The van der Waals surface area contributed by atoms with E-state index in [0.29, 0.717) is 16.7 Å². The third-order valence-corrected chi connectivity index (χ3v) is 7.76. The highest BCUT2D eigenvalue weighted by Gasteiger charge is 2.17. The quantitative estimate of drug-likeness (QED) is 0.196. The minimum absolute atomic E-state index is 0.0399. The molecule has 0 bridgehead atoms. The van der Waals surface area contributed by atoms with Crippen molar-refractivity contribution in [2.24, 2.45) is 0 Å². The fourth-order valence-corrected chi connectivity index (χ4v) is 5.90. The Morgan fingerprint density at radius 3 is 1.72 bits per heavy atom. The van der Waals surface area contributed by atoms with Gasteiger partial charge in [0.15, 0.2) is 0 Å². The van der Waals surface area contributed by atoms with E-state index >= 15 is 0 Å². The predicted molar refractivity (Wildman–Crippen MR) is 183 cm³/mol. The standard InChI is InChI=1S/C42H26O/c1-2-11-30-26-31(25-20-27(30)10-1)41-35-14-5-3-12-33(35)40(34-13-4-6-15-36(34)41)29-23-21-28(22-24-29)32-17-9-19-39-42(32)37-16-7-8-18-38(37)43-39/h1-26H/i1D,2D,3D,4D,5D,6D,10D,11D,12D,13D,14D,15D,20D,25D,26D. The van der Waals surface area contributed by atoms with Gasteiger partial charge in [-0.05, 0) is 83.9 Å². The number of benzene rings is 8. The van der Waals surface area contributed by atoms with Crippen molar-refractivity contribution in [3.8, 4) is 33.4 Å². The van der Waals surface area contributed by atoms with E-state index in [1.54, 1.807) is 24.3 Å². The molecule has 1 nitrogen and oxygen atoms in total. The van der Waals surface area contributed by atoms with Crippen LogP contribution in [0.15, 0.2) is 162 Å². The highest BCUT2D eigenvalue weighted by atomic mass is 16.3. The number of hydrogen-bond donors (Lipinski definition) is 0. The van der Waals surface area contributed by atoms with Gasteiger partial charge in [0.2, 0.25) is 0 Å². The van der Waals surface area contributed by atoms with Crippen LogP contribution in [0.4, 0.5) is 0 Å². The summed E-state index contributed by atoms with van der Waals surface area (Å²) in [5.41, 5.74) is 2.50. The minimum atomic E-state index is -0.733. The molecule has 0 N–H and O–H groups in total. The largest absolute Gasteiger partial charge is 0.456 e. The first-order valence-electron chi connectivity index (χ1n) is 21.1. The molecule has 1 heterocycles. The Kier molecular flexibility index (Phi) is 2.97. The summed E-state index contributed by atoms with van der Waals surface area (Å²) >= 11 is 0. The number of hydrogen-bond acceptors (Lipinski definition) is 1. The summed E-state index contributed by atoms with van der Waals surface area (Å²) < 4.78 is 139. The fourth-order valence-electron chi connectivity index (χ4n) is 5.90. The molecule has 0 spiro atoms. The summed E-state index contributed by atoms with van der Waals surface area (Å²) in [6, 6.07) is 10.3. The Morgan fingerprint density at radius 1 is 0.419 bits per heavy atom. The van der Waals surface area contributed by atoms with Crippen LogP contribution in [0.5, 0.6) is 0 Å². The first-order chi connectivity index (χ1) is 27.6. The molecule has 1 heteroatoms. The van der Waals surface area contributed by atoms with Gasteiger partial charge in [0.25, 0.3) is 0 Å². The van der Waals surface area contributed by atoms with Crippen molar-refractivity contribution in [1.82, 2.24) is 0 Å². The first kappa shape index (κ1) is 13.5. The summed E-state index contributed by atoms with van der Waals surface area (Å²) in [5, 5.41) is 0.0185. The number of para-hydroxylation sites is 1. The average Bonchev–Trinajstić information content (AvgIpc) is 3.61. The molecule has 43 heavy (non-hydrogen) atoms. The lowest BCUT2D eigenvalue weighted by molar-refractivity contribution is 0.669. The van der Waals surface area contributed by atoms with Crippen molar-refractivity contribution < 1.29 is 25.0 Å². The zero-order valence-electron chi connectivity index (χ0n) is 37.3. The van der Waals surface area contributed by atoms with Crippen molar-refractivity contribution in [3.05, 3.63) is 157 Å². The second-order valence-electron chi connectivity index (χ2n) is 10.1. The molecule has 0 amide bonds. The summed E-state index contributed by atoms with van der Waals surface area (Å²) in [6.45, 7) is 0. The maximum Gasteiger partial charge on any atom is 0.136 e. The zero-order valence-corrected chi connectivity index (χ0v) is 22.3. The normalized spacial score (nSPS) is 16.6. The van der Waals surface area contributed by atoms with E-state index in [4.69, 9.17) is 16.8 Å². The summed E-state index contributed by atoms with van der Waals surface area (Å²) in [7, 11) is 0. The lowest BCUT2D eigenvalue weighted by Crippen LogP contribution is -1.91. The molecule has 0 saturated heterocycles. The van der Waals surface area contributed by atoms with Crippen LogP contribution < -0.4 is 0 Å². The lowest BCUT2D eigenvalue weighted by atomic mass is 9.85. The monoisotopic (exact) mass is 561 g/mol. The van der Waals surface area contributed by atoms with E-state index in [2.05, 4.69) is 0 Å². The zero-order chi connectivity index (χ0) is 41.4. The molecule has 0 aliphatic carbocycles. The van der Waals surface area contributed by atoms with E-state index in [-0.39, 0.29) is 32.7 Å². The van der Waals surface area contributed by atoms with E-state index in [1.165, 1.54) is 0 Å². The lowest BCUT2D eigenvalue weighted by Gasteiger charge is -2.18. The smallest absolute Gasteiger partial charge is 0.136 e. The Labute approximate surface area is 270 Å². The molecule has 1 aromatic heterocycles. The molecule has 200 valence electrons. The SMILES string of the molecule is [2H]c1c([2H])c([2H])c2c([2H])c(-c3c4c([2H])c([2H])c([2H])c([2H])c4c(-c4ccc(-c5cccc6oc7ccccc7c56)cc4)c4c([2H])c([2H])c([2H])c([2H])c34)c([2H])c([2H])c2c1[2H]. The van der Waals surface area contributed by atoms with Crippen LogP contribution in [0.3, 0.4) is 0 Å². The van der Waals surface area contributed by atoms with Crippen LogP contribution in [0.1, 0.15) is 20.6 Å². The van der Waals surface area contributed by atoms with E-state index < -0.39 is 107 Å². The predicted octanol–water partition coefficient (Wildman–Crippen LogP) is 12.0. The molecule has 0 aliphatic heterocycles. The van der Waals surface area contributed by atoms with Gasteiger partial charge in [-0.25, -0.2) is 0 Å². The summed E-state index contributed by atoms with van der Waals surface area (Å²) in [6.07, 6.45) is 0. The van der Waals surface area contributed by atoms with Crippen LogP contribution in [0.2, 0.25) is 0 Å². The Balaban J connectivity index is 1.46. The van der Waals surface area contributed by atoms with Gasteiger partial charge in [0.05, 0.1) is 20.6 Å². The van der Waals surface area contributed by atoms with Crippen LogP contribution in [-0.2, 0) is 0 Å². The molecule has 8 aromatic carbocycles. The van der Waals surface area contributed by atoms with Crippen molar-refractivity contribution in [2.45, 2.75) is 0 Å². The van der Waals surface area contributed by atoms with Crippen molar-refractivity contribution in [2.75, 3.05) is 0 Å². The van der Waals surface area contributed by atoms with Gasteiger partial charge in [-0.3, -0.25) is 0 Å². The second kappa shape index (κ2) is 9.44. The topological polar surface area (TPSA) is 13.1 Å². The molecule has 0 fully saturated rings. The van der Waals surface area contributed by atoms with Crippen LogP contribution in [-0.4, -0.2) is 0 Å². The third-order valence-electron chi connectivity index (χ3n) is 7.76. The molecule has 0 atom stereocenters. The van der Waals surface area contributed by atoms with Crippen molar-refractivity contribution in [3.63, 3.8) is 0 Å². The third kappa shape index (κ3) is 3.72. The van der Waals surface area contributed by atoms with Crippen LogP contribution >= 0.6 is 0 Å². The highest BCUT2D eigenvalue weighted by Crippen LogP contribution is 2.45. The van der Waals surface area contributed by atoms with E-state index in [9.17, 15) is 8.22 Å². The molecule has 0 radical (unpaired) electrons. The Bertz CT molecular complexity index is 3250.